The molecule has 0 unspecified atom stereocenters. The summed E-state index contributed by atoms with van der Waals surface area (Å²) in [6, 6.07) is 0. The molecule has 0 radical (unpaired) electrons. The van der Waals surface area contributed by atoms with Crippen molar-refractivity contribution in [2.24, 2.45) is 0 Å². The number of carboxylic acids is 1. The predicted molar refractivity (Wildman–Crippen MR) is 35.9 cm³/mol. The van der Waals surface area contributed by atoms with Crippen LogP contribution in [0, 0.1) is 0 Å². The Hall–Kier alpha value is -0.723. The van der Waals surface area contributed by atoms with Gasteiger partial charge in [0.15, 0.2) is 0 Å². The molecule has 0 rings (SSSR count). The third-order valence-electron chi connectivity index (χ3n) is 0.507. The molecule has 0 aliphatic rings. The van der Waals surface area contributed by atoms with Crippen LogP contribution in [-0.2, 0) is 14.3 Å². The van der Waals surface area contributed by atoms with Crippen molar-refractivity contribution in [1.29, 1.82) is 0 Å². The summed E-state index contributed by atoms with van der Waals surface area (Å²) in [5.74, 6) is -2.84. The molecule has 0 aromatic heterocycles. The van der Waals surface area contributed by atoms with E-state index in [4.69, 9.17) is 5.11 Å². The van der Waals surface area contributed by atoms with Gasteiger partial charge in [-0.2, -0.15) is 0 Å². The van der Waals surface area contributed by atoms with Crippen molar-refractivity contribution in [3.05, 3.63) is 12.7 Å². The Morgan fingerprint density at radius 2 is 2.10 bits per heavy atom. The molecule has 0 aliphatic carbocycles. The average Bonchev–Trinajstić information content (AvgIpc) is 1.82. The van der Waals surface area contributed by atoms with Gasteiger partial charge in [-0.3, -0.25) is 0 Å². The Morgan fingerprint density at radius 3 is 2.40 bits per heavy atom. The number of carbonyl (C=O) groups excluding carboxylic acids is 1. The molecule has 0 aromatic rings. The van der Waals surface area contributed by atoms with E-state index in [0.717, 1.165) is 0 Å². The second kappa shape index (κ2) is 6.40. The average molecular weight is 138 g/mol. The van der Waals surface area contributed by atoms with Crippen molar-refractivity contribution >= 4 is 30.8 Å². The molecule has 0 saturated heterocycles. The molecule has 0 fully saturated rings. The van der Waals surface area contributed by atoms with Crippen LogP contribution in [0.4, 0.5) is 0 Å². The van der Waals surface area contributed by atoms with Crippen molar-refractivity contribution < 1.29 is 19.4 Å². The zero-order valence-corrected chi connectivity index (χ0v) is 4.66. The topological polar surface area (TPSA) is 63.6 Å². The minimum atomic E-state index is -1.59. The van der Waals surface area contributed by atoms with Crippen LogP contribution in [0.15, 0.2) is 12.7 Å². The SMILES string of the molecule is C=CCOC(=O)C(=O)O.[LiH]. The molecule has 1 N–H and O–H groups in total. The molecule has 4 nitrogen and oxygen atoms in total. The quantitative estimate of drug-likeness (QED) is 0.233. The maximum atomic E-state index is 10.0. The van der Waals surface area contributed by atoms with Gasteiger partial charge in [-0.25, -0.2) is 9.59 Å². The van der Waals surface area contributed by atoms with Crippen LogP contribution >= 0.6 is 0 Å². The van der Waals surface area contributed by atoms with Crippen molar-refractivity contribution in [3.63, 3.8) is 0 Å². The molecule has 5 heteroatoms. The van der Waals surface area contributed by atoms with Crippen LogP contribution in [0.5, 0.6) is 0 Å². The zero-order valence-electron chi connectivity index (χ0n) is 4.66. The first-order chi connectivity index (χ1) is 4.18. The Labute approximate surface area is 70.0 Å². The third-order valence-corrected chi connectivity index (χ3v) is 0.507. The molecule has 0 spiro atoms. The third kappa shape index (κ3) is 5.41. The van der Waals surface area contributed by atoms with Gasteiger partial charge in [0.1, 0.15) is 6.61 Å². The van der Waals surface area contributed by atoms with Crippen LogP contribution in [0.1, 0.15) is 0 Å². The number of hydrogen-bond donors (Lipinski definition) is 1. The van der Waals surface area contributed by atoms with E-state index in [2.05, 4.69) is 11.3 Å². The van der Waals surface area contributed by atoms with E-state index in [9.17, 15) is 9.59 Å². The van der Waals surface area contributed by atoms with Gasteiger partial charge in [0.2, 0.25) is 0 Å². The summed E-state index contributed by atoms with van der Waals surface area (Å²) < 4.78 is 4.10. The standard InChI is InChI=1S/C5H6O4.Li.H/c1-2-3-9-5(8)4(6)7;;/h2H,1,3H2,(H,6,7);;. The molecule has 0 aliphatic heterocycles. The van der Waals surface area contributed by atoms with Gasteiger partial charge in [0.05, 0.1) is 0 Å². The van der Waals surface area contributed by atoms with Gasteiger partial charge in [0, 0.05) is 0 Å². The monoisotopic (exact) mass is 138 g/mol. The fourth-order valence-corrected chi connectivity index (χ4v) is 0.196. The number of aliphatic carboxylic acids is 1. The summed E-state index contributed by atoms with van der Waals surface area (Å²) in [6.45, 7) is 3.16. The van der Waals surface area contributed by atoms with Crippen molar-refractivity contribution in [2.45, 2.75) is 0 Å². The summed E-state index contributed by atoms with van der Waals surface area (Å²) >= 11 is 0. The number of rotatable bonds is 2. The molecular weight excluding hydrogens is 131 g/mol. The maximum absolute atomic E-state index is 10.0. The molecule has 0 saturated carbocycles. The molecular formula is C5H7LiO4. The molecule has 0 heterocycles. The van der Waals surface area contributed by atoms with E-state index in [-0.39, 0.29) is 25.5 Å². The van der Waals surface area contributed by atoms with Gasteiger partial charge in [-0.05, 0) is 0 Å². The first-order valence-electron chi connectivity index (χ1n) is 2.19. The van der Waals surface area contributed by atoms with Gasteiger partial charge in [-0.15, -0.1) is 0 Å². The number of hydrogen-bond acceptors (Lipinski definition) is 3. The van der Waals surface area contributed by atoms with E-state index in [1.807, 2.05) is 0 Å². The first kappa shape index (κ1) is 12.0. The first-order valence-corrected chi connectivity index (χ1v) is 2.19. The number of carboxylic acid groups (broad SMARTS) is 1. The predicted octanol–water partition coefficient (Wildman–Crippen LogP) is -0.848. The summed E-state index contributed by atoms with van der Waals surface area (Å²) in [7, 11) is 0. The fourth-order valence-electron chi connectivity index (χ4n) is 0.196. The van der Waals surface area contributed by atoms with Gasteiger partial charge >= 0.3 is 30.8 Å². The van der Waals surface area contributed by atoms with Crippen molar-refractivity contribution in [1.82, 2.24) is 0 Å². The summed E-state index contributed by atoms with van der Waals surface area (Å²) in [4.78, 5) is 19.7. The van der Waals surface area contributed by atoms with E-state index in [0.29, 0.717) is 0 Å². The van der Waals surface area contributed by atoms with Crippen LogP contribution in [0.25, 0.3) is 0 Å². The number of esters is 1. The van der Waals surface area contributed by atoms with Gasteiger partial charge in [0.25, 0.3) is 0 Å². The van der Waals surface area contributed by atoms with E-state index >= 15 is 0 Å². The van der Waals surface area contributed by atoms with Crippen LogP contribution in [-0.4, -0.2) is 42.5 Å². The van der Waals surface area contributed by atoms with E-state index < -0.39 is 11.9 Å². The number of carbonyl (C=O) groups is 2. The Bertz CT molecular complexity index is 143. The van der Waals surface area contributed by atoms with Crippen LogP contribution in [0.3, 0.4) is 0 Å². The second-order valence-corrected chi connectivity index (χ2v) is 1.19. The Balaban J connectivity index is 0. The normalized spacial score (nSPS) is 7.20. The second-order valence-electron chi connectivity index (χ2n) is 1.19. The van der Waals surface area contributed by atoms with Crippen molar-refractivity contribution in [2.75, 3.05) is 6.61 Å². The van der Waals surface area contributed by atoms with Crippen molar-refractivity contribution in [3.8, 4) is 0 Å². The molecule has 0 aromatic carbocycles. The molecule has 10 heavy (non-hydrogen) atoms. The molecule has 0 amide bonds. The van der Waals surface area contributed by atoms with Crippen LogP contribution in [0.2, 0.25) is 0 Å². The fraction of sp³-hybridized carbons (Fsp3) is 0.200. The Kier molecular flexibility index (Phi) is 7.68. The van der Waals surface area contributed by atoms with E-state index in [1.54, 1.807) is 0 Å². The minimum absolute atomic E-state index is 0. The van der Waals surface area contributed by atoms with Crippen LogP contribution < -0.4 is 0 Å². The zero-order chi connectivity index (χ0) is 7.28. The molecule has 52 valence electrons. The van der Waals surface area contributed by atoms with Gasteiger partial charge in [-0.1, -0.05) is 12.7 Å². The molecule has 0 atom stereocenters. The molecule has 0 bridgehead atoms. The number of ether oxygens (including phenoxy) is 1. The Morgan fingerprint density at radius 1 is 1.60 bits per heavy atom. The van der Waals surface area contributed by atoms with Gasteiger partial charge < -0.3 is 9.84 Å². The summed E-state index contributed by atoms with van der Waals surface area (Å²) in [5, 5.41) is 7.90. The summed E-state index contributed by atoms with van der Waals surface area (Å²) in [5.41, 5.74) is 0. The summed E-state index contributed by atoms with van der Waals surface area (Å²) in [6.07, 6.45) is 1.29. The van der Waals surface area contributed by atoms with E-state index in [1.165, 1.54) is 6.08 Å².